The molecule has 1 aromatic rings. The molecule has 20 heavy (non-hydrogen) atoms. The van der Waals surface area contributed by atoms with Crippen molar-refractivity contribution in [3.63, 3.8) is 0 Å². The highest BCUT2D eigenvalue weighted by Gasteiger charge is 2.34. The van der Waals surface area contributed by atoms with Crippen molar-refractivity contribution in [3.05, 3.63) is 30.1 Å². The summed E-state index contributed by atoms with van der Waals surface area (Å²) >= 11 is 0. The number of piperidine rings is 1. The lowest BCUT2D eigenvalue weighted by Crippen LogP contribution is -2.39. The molecule has 2 aliphatic heterocycles. The van der Waals surface area contributed by atoms with Gasteiger partial charge in [-0.1, -0.05) is 6.07 Å². The monoisotopic (exact) mass is 298 g/mol. The molecule has 0 aromatic heterocycles. The molecule has 0 saturated carbocycles. The molecule has 110 valence electrons. The quantitative estimate of drug-likeness (QED) is 0.900. The van der Waals surface area contributed by atoms with Crippen LogP contribution in [0.15, 0.2) is 24.3 Å². The van der Waals surface area contributed by atoms with Crippen molar-refractivity contribution in [1.82, 2.24) is 5.32 Å². The zero-order valence-corrected chi connectivity index (χ0v) is 12.1. The second kappa shape index (κ2) is 6.55. The zero-order chi connectivity index (χ0) is 13.2. The molecule has 2 atom stereocenters. The van der Waals surface area contributed by atoms with Crippen LogP contribution in [0.3, 0.4) is 0 Å². The summed E-state index contributed by atoms with van der Waals surface area (Å²) in [6.45, 7) is 0. The first-order valence-electron chi connectivity index (χ1n) is 7.00. The maximum atomic E-state index is 13.0. The number of halogens is 2. The molecule has 5 heteroatoms. The topological polar surface area (TPSA) is 41.1 Å². The minimum atomic E-state index is -0.322. The van der Waals surface area contributed by atoms with E-state index in [2.05, 4.69) is 10.6 Å². The van der Waals surface area contributed by atoms with Gasteiger partial charge in [-0.3, -0.25) is 4.79 Å². The largest absolute Gasteiger partial charge is 0.326 e. The zero-order valence-electron chi connectivity index (χ0n) is 11.3. The van der Waals surface area contributed by atoms with Gasteiger partial charge in [-0.05, 0) is 49.8 Å². The number of carbonyl (C=O) groups excluding carboxylic acids is 1. The van der Waals surface area contributed by atoms with E-state index < -0.39 is 0 Å². The number of benzene rings is 1. The lowest BCUT2D eigenvalue weighted by Gasteiger charge is -2.28. The second-order valence-electron chi connectivity index (χ2n) is 5.74. The van der Waals surface area contributed by atoms with Crippen LogP contribution in [-0.4, -0.2) is 18.0 Å². The smallest absolute Gasteiger partial charge is 0.224 e. The molecule has 2 aliphatic rings. The molecular weight excluding hydrogens is 279 g/mol. The Bertz CT molecular complexity index is 471. The van der Waals surface area contributed by atoms with E-state index in [-0.39, 0.29) is 24.1 Å². The van der Waals surface area contributed by atoms with Crippen molar-refractivity contribution in [3.8, 4) is 0 Å². The molecule has 2 bridgehead atoms. The highest BCUT2D eigenvalue weighted by molar-refractivity contribution is 5.90. The van der Waals surface area contributed by atoms with Crippen molar-refractivity contribution < 1.29 is 9.18 Å². The van der Waals surface area contributed by atoms with E-state index in [9.17, 15) is 9.18 Å². The molecule has 3 rings (SSSR count). The molecule has 2 unspecified atom stereocenters. The fraction of sp³-hybridized carbons (Fsp3) is 0.533. The average Bonchev–Trinajstić information content (AvgIpc) is 2.68. The van der Waals surface area contributed by atoms with Crippen LogP contribution in [0.5, 0.6) is 0 Å². The fourth-order valence-electron chi connectivity index (χ4n) is 3.38. The van der Waals surface area contributed by atoms with E-state index in [4.69, 9.17) is 0 Å². The first kappa shape index (κ1) is 15.3. The maximum Gasteiger partial charge on any atom is 0.224 e. The predicted octanol–water partition coefficient (Wildman–Crippen LogP) is 3.11. The van der Waals surface area contributed by atoms with Gasteiger partial charge in [0.25, 0.3) is 0 Å². The number of carbonyl (C=O) groups is 1. The molecule has 2 saturated heterocycles. The van der Waals surface area contributed by atoms with E-state index in [0.29, 0.717) is 30.1 Å². The Hall–Kier alpha value is -1.13. The first-order valence-corrected chi connectivity index (χ1v) is 7.00. The molecule has 2 fully saturated rings. The minimum Gasteiger partial charge on any atom is -0.326 e. The molecule has 1 amide bonds. The molecular formula is C15H20ClFN2O. The number of hydrogen-bond acceptors (Lipinski definition) is 2. The summed E-state index contributed by atoms with van der Waals surface area (Å²) in [7, 11) is 0. The summed E-state index contributed by atoms with van der Waals surface area (Å²) in [6.07, 6.45) is 5.21. The van der Waals surface area contributed by atoms with Gasteiger partial charge in [0.2, 0.25) is 5.91 Å². The van der Waals surface area contributed by atoms with Crippen LogP contribution >= 0.6 is 12.4 Å². The second-order valence-corrected chi connectivity index (χ2v) is 5.74. The lowest BCUT2D eigenvalue weighted by molar-refractivity contribution is -0.117. The van der Waals surface area contributed by atoms with Gasteiger partial charge in [-0.25, -0.2) is 4.39 Å². The summed E-state index contributed by atoms with van der Waals surface area (Å²) in [4.78, 5) is 12.0. The summed E-state index contributed by atoms with van der Waals surface area (Å²) < 4.78 is 13.0. The summed E-state index contributed by atoms with van der Waals surface area (Å²) in [5, 5.41) is 6.35. The molecule has 1 aromatic carbocycles. The fourth-order valence-corrected chi connectivity index (χ4v) is 3.38. The minimum absolute atomic E-state index is 0. The third kappa shape index (κ3) is 3.70. The van der Waals surface area contributed by atoms with E-state index in [1.54, 1.807) is 12.1 Å². The molecule has 2 N–H and O–H groups in total. The average molecular weight is 299 g/mol. The van der Waals surface area contributed by atoms with Crippen LogP contribution in [0.2, 0.25) is 0 Å². The Morgan fingerprint density at radius 2 is 2.00 bits per heavy atom. The molecule has 2 heterocycles. The highest BCUT2D eigenvalue weighted by Crippen LogP contribution is 2.32. The number of amides is 1. The van der Waals surface area contributed by atoms with Crippen LogP contribution in [0.1, 0.15) is 32.1 Å². The standard InChI is InChI=1S/C15H19FN2O.ClH/c16-11-2-1-3-12(9-11)18-15(19)8-10-6-13-4-5-14(7-10)17-13;/h1-3,9-10,13-14,17H,4-8H2,(H,18,19);1H. The van der Waals surface area contributed by atoms with Gasteiger partial charge in [0, 0.05) is 24.2 Å². The molecule has 0 radical (unpaired) electrons. The number of fused-ring (bicyclic) bond motifs is 2. The Labute approximate surface area is 124 Å². The SMILES string of the molecule is Cl.O=C(CC1CC2CCC(C1)N2)Nc1cccc(F)c1. The number of rotatable bonds is 3. The lowest BCUT2D eigenvalue weighted by atomic mass is 9.89. The van der Waals surface area contributed by atoms with Crippen LogP contribution < -0.4 is 10.6 Å². The van der Waals surface area contributed by atoms with Crippen LogP contribution in [0, 0.1) is 11.7 Å². The van der Waals surface area contributed by atoms with Crippen molar-refractivity contribution in [2.75, 3.05) is 5.32 Å². The summed E-state index contributed by atoms with van der Waals surface area (Å²) in [6, 6.07) is 7.25. The maximum absolute atomic E-state index is 13.0. The first-order chi connectivity index (χ1) is 9.19. The van der Waals surface area contributed by atoms with Crippen LogP contribution in [0.25, 0.3) is 0 Å². The van der Waals surface area contributed by atoms with E-state index in [1.165, 1.54) is 25.0 Å². The third-order valence-corrected chi connectivity index (χ3v) is 4.15. The van der Waals surface area contributed by atoms with Gasteiger partial charge in [0.1, 0.15) is 5.82 Å². The summed E-state index contributed by atoms with van der Waals surface area (Å²) in [5.41, 5.74) is 0.543. The van der Waals surface area contributed by atoms with Crippen LogP contribution in [-0.2, 0) is 4.79 Å². The number of hydrogen-bond donors (Lipinski definition) is 2. The van der Waals surface area contributed by atoms with Gasteiger partial charge < -0.3 is 10.6 Å². The predicted molar refractivity (Wildman–Crippen MR) is 79.6 cm³/mol. The van der Waals surface area contributed by atoms with Crippen LogP contribution in [0.4, 0.5) is 10.1 Å². The number of anilines is 1. The molecule has 0 aliphatic carbocycles. The highest BCUT2D eigenvalue weighted by atomic mass is 35.5. The Morgan fingerprint density at radius 3 is 2.65 bits per heavy atom. The third-order valence-electron chi connectivity index (χ3n) is 4.15. The van der Waals surface area contributed by atoms with Gasteiger partial charge in [-0.15, -0.1) is 12.4 Å². The van der Waals surface area contributed by atoms with Gasteiger partial charge in [0.05, 0.1) is 0 Å². The van der Waals surface area contributed by atoms with E-state index >= 15 is 0 Å². The Morgan fingerprint density at radius 1 is 1.30 bits per heavy atom. The number of nitrogens with one attached hydrogen (secondary N) is 2. The van der Waals surface area contributed by atoms with Crippen molar-refractivity contribution in [2.45, 2.75) is 44.2 Å². The molecule has 0 spiro atoms. The molecule has 3 nitrogen and oxygen atoms in total. The summed E-state index contributed by atoms with van der Waals surface area (Å²) in [5.74, 6) is 0.141. The van der Waals surface area contributed by atoms with E-state index in [1.807, 2.05) is 0 Å². The van der Waals surface area contributed by atoms with Gasteiger partial charge in [0.15, 0.2) is 0 Å². The Kier molecular flexibility index (Phi) is 5.00. The van der Waals surface area contributed by atoms with Gasteiger partial charge in [-0.2, -0.15) is 0 Å². The van der Waals surface area contributed by atoms with E-state index in [0.717, 1.165) is 12.8 Å². The van der Waals surface area contributed by atoms with Crippen molar-refractivity contribution >= 4 is 24.0 Å². The van der Waals surface area contributed by atoms with Crippen molar-refractivity contribution in [2.24, 2.45) is 5.92 Å². The normalized spacial score (nSPS) is 27.8. The Balaban J connectivity index is 0.00000147. The van der Waals surface area contributed by atoms with Gasteiger partial charge >= 0.3 is 0 Å². The van der Waals surface area contributed by atoms with Crippen molar-refractivity contribution in [1.29, 1.82) is 0 Å².